The molecule has 0 bridgehead atoms. The van der Waals surface area contributed by atoms with Gasteiger partial charge in [-0.3, -0.25) is 0 Å². The zero-order chi connectivity index (χ0) is 8.27. The number of benzene rings is 1. The summed E-state index contributed by atoms with van der Waals surface area (Å²) in [6, 6.07) is 5.49. The van der Waals surface area contributed by atoms with Crippen molar-refractivity contribution in [1.82, 2.24) is 0 Å². The summed E-state index contributed by atoms with van der Waals surface area (Å²) >= 11 is 3.31. The molecular weight excluding hydrogens is 271 g/mol. The van der Waals surface area contributed by atoms with Crippen LogP contribution >= 0.6 is 34.4 Å². The van der Waals surface area contributed by atoms with Crippen LogP contribution in [0, 0.1) is 14.2 Å². The van der Waals surface area contributed by atoms with E-state index < -0.39 is 0 Å². The number of nitrogen functional groups attached to an aromatic ring is 1. The van der Waals surface area contributed by atoms with Crippen LogP contribution in [0.2, 0.25) is 0 Å². The van der Waals surface area contributed by atoms with Crippen molar-refractivity contribution in [3.8, 4) is 5.40 Å². The molecule has 0 aliphatic rings. The molecule has 2 nitrogen and oxygen atoms in total. The maximum atomic E-state index is 8.39. The van der Waals surface area contributed by atoms with Crippen molar-refractivity contribution >= 4 is 40.0 Å². The van der Waals surface area contributed by atoms with E-state index in [2.05, 4.69) is 22.6 Å². The molecule has 0 amide bonds. The lowest BCUT2D eigenvalue weighted by Gasteiger charge is -1.98. The number of hydrogen-bond donors (Lipinski definition) is 1. The Morgan fingerprint density at radius 1 is 1.55 bits per heavy atom. The molecule has 0 aliphatic carbocycles. The van der Waals surface area contributed by atoms with Crippen LogP contribution in [-0.2, 0) is 0 Å². The van der Waals surface area contributed by atoms with E-state index in [1.54, 1.807) is 6.07 Å². The summed E-state index contributed by atoms with van der Waals surface area (Å²) in [6.07, 6.45) is 0. The lowest BCUT2D eigenvalue weighted by molar-refractivity contribution is 1.41. The maximum Gasteiger partial charge on any atom is 0.138 e. The van der Waals surface area contributed by atoms with Crippen molar-refractivity contribution in [2.75, 3.05) is 5.73 Å². The van der Waals surface area contributed by atoms with Crippen LogP contribution in [0.1, 0.15) is 0 Å². The zero-order valence-electron chi connectivity index (χ0n) is 5.54. The third-order valence-electron chi connectivity index (χ3n) is 1.11. The van der Waals surface area contributed by atoms with Gasteiger partial charge in [-0.15, -0.1) is 0 Å². The van der Waals surface area contributed by atoms with Crippen molar-refractivity contribution in [1.29, 1.82) is 5.26 Å². The smallest absolute Gasteiger partial charge is 0.138 e. The van der Waals surface area contributed by atoms with Crippen LogP contribution in [0.3, 0.4) is 0 Å². The normalized spacial score (nSPS) is 9.09. The zero-order valence-corrected chi connectivity index (χ0v) is 8.52. The van der Waals surface area contributed by atoms with Gasteiger partial charge in [-0.05, 0) is 52.6 Å². The van der Waals surface area contributed by atoms with Gasteiger partial charge in [-0.1, -0.05) is 0 Å². The van der Waals surface area contributed by atoms with Crippen molar-refractivity contribution in [3.63, 3.8) is 0 Å². The molecule has 0 saturated carbocycles. The molecule has 0 spiro atoms. The number of nitrogens with zero attached hydrogens (tertiary/aromatic N) is 1. The van der Waals surface area contributed by atoms with E-state index in [1.165, 1.54) is 0 Å². The molecule has 1 rings (SSSR count). The summed E-state index contributed by atoms with van der Waals surface area (Å²) in [4.78, 5) is 0.960. The highest BCUT2D eigenvalue weighted by Crippen LogP contribution is 2.24. The van der Waals surface area contributed by atoms with Crippen LogP contribution in [0.4, 0.5) is 5.69 Å². The van der Waals surface area contributed by atoms with Gasteiger partial charge < -0.3 is 5.73 Å². The number of anilines is 1. The van der Waals surface area contributed by atoms with E-state index >= 15 is 0 Å². The molecule has 2 N–H and O–H groups in total. The largest absolute Gasteiger partial charge is 0.399 e. The Labute approximate surface area is 82.9 Å². The fourth-order valence-electron chi connectivity index (χ4n) is 0.649. The van der Waals surface area contributed by atoms with Crippen LogP contribution in [0.15, 0.2) is 23.1 Å². The van der Waals surface area contributed by atoms with Crippen LogP contribution in [0.25, 0.3) is 0 Å². The molecule has 0 unspecified atom stereocenters. The summed E-state index contributed by atoms with van der Waals surface area (Å²) in [5.41, 5.74) is 6.26. The first-order valence-corrected chi connectivity index (χ1v) is 4.74. The predicted molar refractivity (Wildman–Crippen MR) is 55.0 cm³/mol. The molecule has 0 radical (unpaired) electrons. The Morgan fingerprint density at radius 3 is 2.82 bits per heavy atom. The molecule has 0 heterocycles. The lowest BCUT2D eigenvalue weighted by Crippen LogP contribution is -1.85. The number of halogens is 1. The number of thioether (sulfide) groups is 1. The maximum absolute atomic E-state index is 8.39. The Morgan fingerprint density at radius 2 is 2.27 bits per heavy atom. The molecular formula is C7H5IN2S. The highest BCUT2D eigenvalue weighted by atomic mass is 127. The number of nitrogens with two attached hydrogens (primary N) is 1. The van der Waals surface area contributed by atoms with Crippen molar-refractivity contribution < 1.29 is 0 Å². The van der Waals surface area contributed by atoms with Gasteiger partial charge in [0.25, 0.3) is 0 Å². The van der Waals surface area contributed by atoms with Gasteiger partial charge in [0, 0.05) is 14.2 Å². The molecule has 0 saturated heterocycles. The monoisotopic (exact) mass is 276 g/mol. The number of hydrogen-bond acceptors (Lipinski definition) is 3. The average molecular weight is 276 g/mol. The van der Waals surface area contributed by atoms with E-state index in [4.69, 9.17) is 11.0 Å². The molecule has 0 aromatic heterocycles. The Balaban J connectivity index is 3.01. The first-order chi connectivity index (χ1) is 5.24. The van der Waals surface area contributed by atoms with E-state index in [0.717, 1.165) is 25.9 Å². The third-order valence-corrected chi connectivity index (χ3v) is 3.04. The Kier molecular flexibility index (Phi) is 3.02. The summed E-state index contributed by atoms with van der Waals surface area (Å²) in [6.45, 7) is 0. The predicted octanol–water partition coefficient (Wildman–Crippen LogP) is 2.45. The second kappa shape index (κ2) is 3.83. The standard InChI is InChI=1S/C7H5IN2S/c8-6-3-5(10)1-2-7(6)11-4-9/h1-3H,10H2. The van der Waals surface area contributed by atoms with Crippen molar-refractivity contribution in [2.45, 2.75) is 4.90 Å². The molecule has 11 heavy (non-hydrogen) atoms. The van der Waals surface area contributed by atoms with Gasteiger partial charge in [-0.2, -0.15) is 5.26 Å². The van der Waals surface area contributed by atoms with E-state index in [9.17, 15) is 0 Å². The molecule has 0 fully saturated rings. The topological polar surface area (TPSA) is 49.8 Å². The van der Waals surface area contributed by atoms with Gasteiger partial charge in [0.15, 0.2) is 0 Å². The number of rotatable bonds is 1. The molecule has 0 atom stereocenters. The third kappa shape index (κ3) is 2.27. The minimum absolute atomic E-state index is 0.733. The Hall–Kier alpha value is -0.410. The second-order valence-corrected chi connectivity index (χ2v) is 3.87. The first kappa shape index (κ1) is 8.68. The van der Waals surface area contributed by atoms with Gasteiger partial charge in [0.1, 0.15) is 5.40 Å². The fraction of sp³-hybridized carbons (Fsp3) is 0. The quantitative estimate of drug-likeness (QED) is 0.371. The van der Waals surface area contributed by atoms with E-state index in [-0.39, 0.29) is 0 Å². The fourth-order valence-corrected chi connectivity index (χ4v) is 1.91. The lowest BCUT2D eigenvalue weighted by atomic mass is 10.3. The summed E-state index contributed by atoms with van der Waals surface area (Å²) in [5.74, 6) is 0. The molecule has 56 valence electrons. The Bertz CT molecular complexity index is 306. The highest BCUT2D eigenvalue weighted by Gasteiger charge is 1.98. The second-order valence-electron chi connectivity index (χ2n) is 1.88. The van der Waals surface area contributed by atoms with Crippen LogP contribution in [-0.4, -0.2) is 0 Å². The minimum atomic E-state index is 0.733. The van der Waals surface area contributed by atoms with Gasteiger partial charge in [-0.25, -0.2) is 0 Å². The molecule has 1 aromatic rings. The van der Waals surface area contributed by atoms with Gasteiger partial charge in [0.05, 0.1) is 0 Å². The van der Waals surface area contributed by atoms with Crippen molar-refractivity contribution in [2.24, 2.45) is 0 Å². The first-order valence-electron chi connectivity index (χ1n) is 2.85. The summed E-state index contributed by atoms with van der Waals surface area (Å²) in [5, 5.41) is 10.4. The number of nitriles is 1. The SMILES string of the molecule is N#CSc1ccc(N)cc1I. The highest BCUT2D eigenvalue weighted by molar-refractivity contribution is 14.1. The molecule has 1 aromatic carbocycles. The summed E-state index contributed by atoms with van der Waals surface area (Å²) < 4.78 is 1.02. The molecule has 0 aliphatic heterocycles. The van der Waals surface area contributed by atoms with E-state index in [1.807, 2.05) is 17.5 Å². The van der Waals surface area contributed by atoms with E-state index in [0.29, 0.717) is 0 Å². The van der Waals surface area contributed by atoms with Crippen LogP contribution < -0.4 is 5.73 Å². The van der Waals surface area contributed by atoms with Gasteiger partial charge >= 0.3 is 0 Å². The van der Waals surface area contributed by atoms with Crippen molar-refractivity contribution in [3.05, 3.63) is 21.8 Å². The van der Waals surface area contributed by atoms with Crippen LogP contribution in [0.5, 0.6) is 0 Å². The minimum Gasteiger partial charge on any atom is -0.399 e. The summed E-state index contributed by atoms with van der Waals surface area (Å²) in [7, 11) is 0. The average Bonchev–Trinajstić information content (AvgIpc) is 1.95. The number of thiocyanates is 1. The molecule has 4 heteroatoms. The van der Waals surface area contributed by atoms with Gasteiger partial charge in [0.2, 0.25) is 0 Å².